The van der Waals surface area contributed by atoms with E-state index in [2.05, 4.69) is 15.0 Å². The van der Waals surface area contributed by atoms with Crippen molar-refractivity contribution < 1.29 is 20.1 Å². The van der Waals surface area contributed by atoms with Gasteiger partial charge in [-0.2, -0.15) is 0 Å². The first-order valence-electron chi connectivity index (χ1n) is 8.33. The number of rotatable bonds is 4. The van der Waals surface area contributed by atoms with Gasteiger partial charge in [0.05, 0.1) is 6.61 Å². The number of anilines is 1. The van der Waals surface area contributed by atoms with Gasteiger partial charge in [0.15, 0.2) is 23.2 Å². The van der Waals surface area contributed by atoms with Crippen LogP contribution in [0, 0.1) is 0 Å². The molecule has 1 fully saturated rings. The number of aliphatic hydroxyl groups is 3. The van der Waals surface area contributed by atoms with Gasteiger partial charge >= 0.3 is 0 Å². The van der Waals surface area contributed by atoms with Gasteiger partial charge in [0.1, 0.15) is 30.5 Å². The van der Waals surface area contributed by atoms with Gasteiger partial charge in [-0.05, 0) is 17.7 Å². The fourth-order valence-corrected chi connectivity index (χ4v) is 3.37. The van der Waals surface area contributed by atoms with Crippen LogP contribution in [-0.4, -0.2) is 59.8 Å². The van der Waals surface area contributed by atoms with Crippen molar-refractivity contribution in [1.29, 1.82) is 0 Å². The van der Waals surface area contributed by atoms with Crippen molar-refractivity contribution in [3.05, 3.63) is 47.0 Å². The first-order chi connectivity index (χ1) is 13.0. The number of nitrogens with zero attached hydrogens (tertiary/aromatic N) is 4. The van der Waals surface area contributed by atoms with Gasteiger partial charge in [-0.25, -0.2) is 15.0 Å². The van der Waals surface area contributed by atoms with E-state index in [4.69, 9.17) is 22.1 Å². The second-order valence-electron chi connectivity index (χ2n) is 6.36. The van der Waals surface area contributed by atoms with Crippen LogP contribution in [0.4, 0.5) is 5.82 Å². The third-order valence-corrected chi connectivity index (χ3v) is 4.88. The van der Waals surface area contributed by atoms with Crippen LogP contribution in [0.1, 0.15) is 17.6 Å². The standard InChI is InChI=1S/C17H18ClN5O4/c18-9-3-1-8(2-4-9)5-11-22-12-15(19)20-7-21-16(12)23(11)17-14(26)13(25)10(6-24)27-17/h1-4,7,10,13-14,17,24-26H,5-6H2,(H2,19,20,21)/t10-,13-,14-,17-/m1/s1. The molecule has 0 saturated carbocycles. The Labute approximate surface area is 159 Å². The van der Waals surface area contributed by atoms with Crippen LogP contribution in [0.25, 0.3) is 11.2 Å². The zero-order chi connectivity index (χ0) is 19.1. The maximum Gasteiger partial charge on any atom is 0.167 e. The predicted octanol–water partition coefficient (Wildman–Crippen LogP) is 0.264. The van der Waals surface area contributed by atoms with Crippen molar-refractivity contribution in [2.24, 2.45) is 0 Å². The number of nitrogen functional groups attached to an aromatic ring is 1. The van der Waals surface area contributed by atoms with Gasteiger partial charge in [0.25, 0.3) is 0 Å². The van der Waals surface area contributed by atoms with Crippen LogP contribution in [0.15, 0.2) is 30.6 Å². The molecule has 1 aliphatic heterocycles. The van der Waals surface area contributed by atoms with Crippen LogP contribution >= 0.6 is 11.6 Å². The van der Waals surface area contributed by atoms with Crippen molar-refractivity contribution >= 4 is 28.6 Å². The quantitative estimate of drug-likeness (QED) is 0.496. The Morgan fingerprint density at radius 2 is 1.89 bits per heavy atom. The molecule has 0 amide bonds. The lowest BCUT2D eigenvalue weighted by atomic mass is 10.1. The summed E-state index contributed by atoms with van der Waals surface area (Å²) >= 11 is 5.94. The Morgan fingerprint density at radius 3 is 2.56 bits per heavy atom. The Morgan fingerprint density at radius 1 is 1.15 bits per heavy atom. The zero-order valence-electron chi connectivity index (χ0n) is 14.1. The fraction of sp³-hybridized carbons (Fsp3) is 0.353. The van der Waals surface area contributed by atoms with Gasteiger partial charge < -0.3 is 25.8 Å². The highest BCUT2D eigenvalue weighted by Gasteiger charge is 2.44. The molecule has 2 aromatic heterocycles. The Balaban J connectivity index is 1.82. The summed E-state index contributed by atoms with van der Waals surface area (Å²) in [6.07, 6.45) is -2.70. The second kappa shape index (κ2) is 7.02. The number of hydrogen-bond acceptors (Lipinski definition) is 8. The van der Waals surface area contributed by atoms with Crippen molar-refractivity contribution in [2.45, 2.75) is 31.0 Å². The number of fused-ring (bicyclic) bond motifs is 1. The third-order valence-electron chi connectivity index (χ3n) is 4.63. The Bertz CT molecular complexity index is 964. The van der Waals surface area contributed by atoms with Crippen molar-refractivity contribution in [1.82, 2.24) is 19.5 Å². The lowest BCUT2D eigenvalue weighted by molar-refractivity contribution is -0.0521. The third kappa shape index (κ3) is 3.13. The minimum Gasteiger partial charge on any atom is -0.394 e. The first kappa shape index (κ1) is 18.1. The fourth-order valence-electron chi connectivity index (χ4n) is 3.24. The van der Waals surface area contributed by atoms with Gasteiger partial charge in [-0.15, -0.1) is 0 Å². The summed E-state index contributed by atoms with van der Waals surface area (Å²) < 4.78 is 7.26. The van der Waals surface area contributed by atoms with Gasteiger partial charge in [0, 0.05) is 11.4 Å². The smallest absolute Gasteiger partial charge is 0.167 e. The summed E-state index contributed by atoms with van der Waals surface area (Å²) in [7, 11) is 0. The maximum atomic E-state index is 10.5. The van der Waals surface area contributed by atoms with Crippen molar-refractivity contribution in [2.75, 3.05) is 12.3 Å². The van der Waals surface area contributed by atoms with E-state index in [9.17, 15) is 15.3 Å². The molecular formula is C17H18ClN5O4. The minimum atomic E-state index is -1.26. The molecule has 1 saturated heterocycles. The molecule has 3 aromatic rings. The predicted molar refractivity (Wildman–Crippen MR) is 97.0 cm³/mol. The molecule has 4 rings (SSSR count). The van der Waals surface area contributed by atoms with Gasteiger partial charge in [-0.1, -0.05) is 23.7 Å². The number of nitrogens with two attached hydrogens (primary N) is 1. The van der Waals surface area contributed by atoms with Crippen LogP contribution in [0.2, 0.25) is 5.02 Å². The van der Waals surface area contributed by atoms with Crippen LogP contribution in [-0.2, 0) is 11.2 Å². The molecule has 1 aliphatic rings. The van der Waals surface area contributed by atoms with Crippen LogP contribution in [0.5, 0.6) is 0 Å². The van der Waals surface area contributed by atoms with E-state index < -0.39 is 31.1 Å². The summed E-state index contributed by atoms with van der Waals surface area (Å²) in [4.78, 5) is 12.7. The molecule has 5 N–H and O–H groups in total. The number of hydrogen-bond donors (Lipinski definition) is 4. The highest BCUT2D eigenvalue weighted by atomic mass is 35.5. The van der Waals surface area contributed by atoms with E-state index in [1.807, 2.05) is 12.1 Å². The Kier molecular flexibility index (Phi) is 4.70. The lowest BCUT2D eigenvalue weighted by Crippen LogP contribution is -2.33. The van der Waals surface area contributed by atoms with E-state index in [1.165, 1.54) is 6.33 Å². The highest BCUT2D eigenvalue weighted by Crippen LogP contribution is 2.34. The van der Waals surface area contributed by atoms with E-state index in [0.29, 0.717) is 28.4 Å². The van der Waals surface area contributed by atoms with Crippen molar-refractivity contribution in [3.8, 4) is 0 Å². The summed E-state index contributed by atoms with van der Waals surface area (Å²) in [6, 6.07) is 7.26. The molecule has 0 unspecified atom stereocenters. The molecule has 1 aromatic carbocycles. The number of imidazole rings is 1. The molecule has 27 heavy (non-hydrogen) atoms. The molecule has 0 bridgehead atoms. The summed E-state index contributed by atoms with van der Waals surface area (Å²) in [5.74, 6) is 0.720. The van der Waals surface area contributed by atoms with E-state index in [1.54, 1.807) is 16.7 Å². The van der Waals surface area contributed by atoms with Crippen LogP contribution in [0.3, 0.4) is 0 Å². The molecule has 9 nitrogen and oxygen atoms in total. The van der Waals surface area contributed by atoms with Gasteiger partial charge in [-0.3, -0.25) is 4.57 Å². The number of aliphatic hydroxyl groups excluding tert-OH is 3. The molecule has 4 atom stereocenters. The number of halogens is 1. The topological polar surface area (TPSA) is 140 Å². The SMILES string of the molecule is Nc1ncnc2c1nc(Cc1ccc(Cl)cc1)n2[C@@H]1O[C@H](CO)[C@@H](O)[C@H]1O. The van der Waals surface area contributed by atoms with Crippen molar-refractivity contribution in [3.63, 3.8) is 0 Å². The number of benzene rings is 1. The van der Waals surface area contributed by atoms with E-state index >= 15 is 0 Å². The average Bonchev–Trinajstić information content (AvgIpc) is 3.16. The second-order valence-corrected chi connectivity index (χ2v) is 6.80. The molecule has 0 spiro atoms. The lowest BCUT2D eigenvalue weighted by Gasteiger charge is -2.19. The molecule has 3 heterocycles. The minimum absolute atomic E-state index is 0.197. The summed E-state index contributed by atoms with van der Waals surface area (Å²) in [5.41, 5.74) is 7.60. The summed E-state index contributed by atoms with van der Waals surface area (Å²) in [6.45, 7) is -0.426. The van der Waals surface area contributed by atoms with Crippen LogP contribution < -0.4 is 5.73 Å². The monoisotopic (exact) mass is 391 g/mol. The molecule has 10 heteroatoms. The van der Waals surface area contributed by atoms with Gasteiger partial charge in [0.2, 0.25) is 0 Å². The highest BCUT2D eigenvalue weighted by molar-refractivity contribution is 6.30. The molecular weight excluding hydrogens is 374 g/mol. The average molecular weight is 392 g/mol. The largest absolute Gasteiger partial charge is 0.394 e. The maximum absolute atomic E-state index is 10.5. The molecule has 0 aliphatic carbocycles. The van der Waals surface area contributed by atoms with E-state index in [-0.39, 0.29) is 5.82 Å². The molecule has 0 radical (unpaired) electrons. The molecule has 142 valence electrons. The number of ether oxygens (including phenoxy) is 1. The summed E-state index contributed by atoms with van der Waals surface area (Å²) in [5, 5.41) is 30.6. The normalized spacial score (nSPS) is 25.3. The zero-order valence-corrected chi connectivity index (χ0v) is 14.9. The Hall–Kier alpha value is -2.30. The van der Waals surface area contributed by atoms with E-state index in [0.717, 1.165) is 5.56 Å². The number of aromatic nitrogens is 4. The first-order valence-corrected chi connectivity index (χ1v) is 8.71.